The van der Waals surface area contributed by atoms with E-state index in [9.17, 15) is 4.79 Å². The first-order chi connectivity index (χ1) is 7.25. The summed E-state index contributed by atoms with van der Waals surface area (Å²) >= 11 is 0. The molecule has 0 aliphatic carbocycles. The summed E-state index contributed by atoms with van der Waals surface area (Å²) in [7, 11) is 1.73. The number of nitrogens with zero attached hydrogens (tertiary/aromatic N) is 2. The molecule has 15 heavy (non-hydrogen) atoms. The van der Waals surface area contributed by atoms with Crippen LogP contribution in [0.25, 0.3) is 0 Å². The highest BCUT2D eigenvalue weighted by atomic mass is 16.5. The number of pyridine rings is 1. The van der Waals surface area contributed by atoms with Gasteiger partial charge in [0.15, 0.2) is 0 Å². The van der Waals surface area contributed by atoms with E-state index >= 15 is 0 Å². The van der Waals surface area contributed by atoms with Gasteiger partial charge in [-0.15, -0.1) is 0 Å². The van der Waals surface area contributed by atoms with Gasteiger partial charge in [0, 0.05) is 31.7 Å². The Morgan fingerprint density at radius 2 is 2.13 bits per heavy atom. The summed E-state index contributed by atoms with van der Waals surface area (Å²) in [5.74, 6) is -0.0466. The number of amides is 1. The van der Waals surface area contributed by atoms with Crippen LogP contribution in [0.15, 0.2) is 24.5 Å². The van der Waals surface area contributed by atoms with Gasteiger partial charge in [0.25, 0.3) is 5.91 Å². The van der Waals surface area contributed by atoms with Crippen molar-refractivity contribution >= 4 is 11.6 Å². The number of carbonyl (C=O) groups excluding carboxylic acids is 1. The quantitative estimate of drug-likeness (QED) is 0.688. The summed E-state index contributed by atoms with van der Waals surface area (Å²) in [5.41, 5.74) is 0.829. The molecule has 0 saturated carbocycles. The molecule has 82 valence electrons. The van der Waals surface area contributed by atoms with Crippen LogP contribution in [0.5, 0.6) is 0 Å². The summed E-state index contributed by atoms with van der Waals surface area (Å²) in [6.07, 6.45) is 4.24. The number of likely N-dealkylation sites (N-methyl/N-ethyl adjacent to an activating group) is 1. The number of ether oxygens (including phenoxy) is 1. The van der Waals surface area contributed by atoms with Gasteiger partial charge in [-0.3, -0.25) is 9.78 Å². The third-order valence-electron chi connectivity index (χ3n) is 2.00. The van der Waals surface area contributed by atoms with Crippen LogP contribution in [0.1, 0.15) is 13.3 Å². The third kappa shape index (κ3) is 3.67. The molecule has 1 heterocycles. The van der Waals surface area contributed by atoms with Crippen LogP contribution in [0.3, 0.4) is 0 Å². The molecule has 0 aliphatic rings. The summed E-state index contributed by atoms with van der Waals surface area (Å²) in [6.45, 7) is 2.76. The number of aromatic nitrogens is 1. The Hall–Kier alpha value is -1.42. The largest absolute Gasteiger partial charge is 0.372 e. The Balaban J connectivity index is 2.46. The lowest BCUT2D eigenvalue weighted by molar-refractivity contribution is -0.122. The molecule has 1 aromatic rings. The molecule has 4 nitrogen and oxygen atoms in total. The summed E-state index contributed by atoms with van der Waals surface area (Å²) in [5, 5.41) is 0. The van der Waals surface area contributed by atoms with Gasteiger partial charge in [-0.05, 0) is 18.6 Å². The van der Waals surface area contributed by atoms with Crippen LogP contribution in [-0.2, 0) is 9.53 Å². The number of hydrogen-bond acceptors (Lipinski definition) is 3. The maximum Gasteiger partial charge on any atom is 0.252 e. The molecule has 0 aromatic carbocycles. The maximum absolute atomic E-state index is 11.6. The molecule has 4 heteroatoms. The molecular formula is C11H16N2O2. The zero-order chi connectivity index (χ0) is 11.1. The molecule has 0 radical (unpaired) electrons. The van der Waals surface area contributed by atoms with Crippen molar-refractivity contribution in [1.82, 2.24) is 4.98 Å². The first-order valence-corrected chi connectivity index (χ1v) is 5.00. The maximum atomic E-state index is 11.6. The van der Waals surface area contributed by atoms with Gasteiger partial charge in [-0.2, -0.15) is 0 Å². The van der Waals surface area contributed by atoms with E-state index in [-0.39, 0.29) is 12.5 Å². The molecule has 0 spiro atoms. The van der Waals surface area contributed by atoms with Gasteiger partial charge in [-0.25, -0.2) is 0 Å². The highest BCUT2D eigenvalue weighted by Crippen LogP contribution is 2.09. The lowest BCUT2D eigenvalue weighted by Gasteiger charge is -2.16. The van der Waals surface area contributed by atoms with Gasteiger partial charge >= 0.3 is 0 Å². The van der Waals surface area contributed by atoms with Crippen LogP contribution in [-0.4, -0.2) is 31.2 Å². The Bertz CT molecular complexity index is 301. The lowest BCUT2D eigenvalue weighted by Crippen LogP contribution is -2.30. The molecular weight excluding hydrogens is 192 g/mol. The number of carbonyl (C=O) groups is 1. The monoisotopic (exact) mass is 208 g/mol. The first-order valence-electron chi connectivity index (χ1n) is 5.00. The van der Waals surface area contributed by atoms with Gasteiger partial charge < -0.3 is 9.64 Å². The average Bonchev–Trinajstić information content (AvgIpc) is 2.29. The Labute approximate surface area is 89.9 Å². The lowest BCUT2D eigenvalue weighted by atomic mass is 10.3. The summed E-state index contributed by atoms with van der Waals surface area (Å²) < 4.78 is 5.18. The zero-order valence-electron chi connectivity index (χ0n) is 9.14. The molecule has 1 rings (SSSR count). The van der Waals surface area contributed by atoms with Crippen LogP contribution in [0.4, 0.5) is 5.69 Å². The first kappa shape index (κ1) is 11.7. The van der Waals surface area contributed by atoms with Crippen LogP contribution < -0.4 is 4.90 Å². The number of rotatable bonds is 5. The smallest absolute Gasteiger partial charge is 0.252 e. The second-order valence-electron chi connectivity index (χ2n) is 3.21. The van der Waals surface area contributed by atoms with E-state index in [1.165, 1.54) is 0 Å². The summed E-state index contributed by atoms with van der Waals surface area (Å²) in [4.78, 5) is 17.1. The van der Waals surface area contributed by atoms with E-state index in [0.29, 0.717) is 6.61 Å². The van der Waals surface area contributed by atoms with Gasteiger partial charge in [0.1, 0.15) is 6.61 Å². The van der Waals surface area contributed by atoms with E-state index < -0.39 is 0 Å². The average molecular weight is 208 g/mol. The van der Waals surface area contributed by atoms with Crippen molar-refractivity contribution < 1.29 is 9.53 Å². The van der Waals surface area contributed by atoms with Crippen molar-refractivity contribution in [3.63, 3.8) is 0 Å². The predicted octanol–water partition coefficient (Wildman–Crippen LogP) is 1.47. The number of hydrogen-bond donors (Lipinski definition) is 0. The standard InChI is InChI=1S/C11H16N2O2/c1-3-8-15-9-11(14)13(2)10-4-6-12-7-5-10/h4-7H,3,8-9H2,1-2H3. The minimum Gasteiger partial charge on any atom is -0.372 e. The zero-order valence-corrected chi connectivity index (χ0v) is 9.14. The van der Waals surface area contributed by atoms with Crippen molar-refractivity contribution in [2.45, 2.75) is 13.3 Å². The van der Waals surface area contributed by atoms with E-state index in [1.807, 2.05) is 6.92 Å². The van der Waals surface area contributed by atoms with Gasteiger partial charge in [0.2, 0.25) is 0 Å². The van der Waals surface area contributed by atoms with E-state index in [1.54, 1.807) is 36.5 Å². The fraction of sp³-hybridized carbons (Fsp3) is 0.455. The second kappa shape index (κ2) is 6.14. The second-order valence-corrected chi connectivity index (χ2v) is 3.21. The fourth-order valence-electron chi connectivity index (χ4n) is 1.11. The molecule has 1 amide bonds. The Morgan fingerprint density at radius 1 is 1.47 bits per heavy atom. The predicted molar refractivity (Wildman–Crippen MR) is 58.8 cm³/mol. The SMILES string of the molecule is CCCOCC(=O)N(C)c1ccncc1. The molecule has 0 bridgehead atoms. The van der Waals surface area contributed by atoms with Crippen molar-refractivity contribution in [2.24, 2.45) is 0 Å². The van der Waals surface area contributed by atoms with Crippen molar-refractivity contribution in [1.29, 1.82) is 0 Å². The van der Waals surface area contributed by atoms with E-state index in [4.69, 9.17) is 4.74 Å². The minimum absolute atomic E-state index is 0.0466. The van der Waals surface area contributed by atoms with Crippen molar-refractivity contribution in [2.75, 3.05) is 25.2 Å². The topological polar surface area (TPSA) is 42.4 Å². The fourth-order valence-corrected chi connectivity index (χ4v) is 1.11. The Kier molecular flexibility index (Phi) is 4.77. The molecule has 0 unspecified atom stereocenters. The normalized spacial score (nSPS) is 10.0. The van der Waals surface area contributed by atoms with Crippen LogP contribution in [0, 0.1) is 0 Å². The molecule has 0 fully saturated rings. The van der Waals surface area contributed by atoms with Crippen LogP contribution in [0.2, 0.25) is 0 Å². The third-order valence-corrected chi connectivity index (χ3v) is 2.00. The highest BCUT2D eigenvalue weighted by molar-refractivity contribution is 5.93. The number of anilines is 1. The van der Waals surface area contributed by atoms with Crippen LogP contribution >= 0.6 is 0 Å². The van der Waals surface area contributed by atoms with Gasteiger partial charge in [-0.1, -0.05) is 6.92 Å². The highest BCUT2D eigenvalue weighted by Gasteiger charge is 2.09. The van der Waals surface area contributed by atoms with E-state index in [0.717, 1.165) is 12.1 Å². The van der Waals surface area contributed by atoms with E-state index in [2.05, 4.69) is 4.98 Å². The Morgan fingerprint density at radius 3 is 2.73 bits per heavy atom. The molecule has 0 atom stereocenters. The minimum atomic E-state index is -0.0466. The molecule has 1 aromatic heterocycles. The van der Waals surface area contributed by atoms with Gasteiger partial charge in [0.05, 0.1) is 0 Å². The summed E-state index contributed by atoms with van der Waals surface area (Å²) in [6, 6.07) is 3.58. The molecule has 0 saturated heterocycles. The van der Waals surface area contributed by atoms with Crippen molar-refractivity contribution in [3.05, 3.63) is 24.5 Å². The molecule has 0 N–H and O–H groups in total. The van der Waals surface area contributed by atoms with Crippen molar-refractivity contribution in [3.8, 4) is 0 Å². The molecule has 0 aliphatic heterocycles.